The fraction of sp³-hybridized carbons (Fsp3) is 0.500. The van der Waals surface area contributed by atoms with Gasteiger partial charge in [-0.1, -0.05) is 23.8 Å². The molecule has 1 atom stereocenters. The van der Waals surface area contributed by atoms with Crippen LogP contribution >= 0.6 is 0 Å². The Morgan fingerprint density at radius 2 is 2.22 bits per heavy atom. The SMILES string of the molecule is Cc1ccc(C2CN(CCCN)C(=O)N2)c(C)c1. The lowest BCUT2D eigenvalue weighted by Gasteiger charge is -2.15. The van der Waals surface area contributed by atoms with E-state index in [0.29, 0.717) is 6.54 Å². The molecule has 0 saturated carbocycles. The van der Waals surface area contributed by atoms with Gasteiger partial charge in [0, 0.05) is 13.1 Å². The molecule has 0 aromatic heterocycles. The molecule has 1 heterocycles. The standard InChI is InChI=1S/C14H21N3O/c1-10-4-5-12(11(2)8-10)13-9-17(7-3-6-15)14(18)16-13/h4-5,8,13H,3,6-7,9,15H2,1-2H3,(H,16,18). The van der Waals surface area contributed by atoms with Crippen LogP contribution in [-0.4, -0.2) is 30.6 Å². The van der Waals surface area contributed by atoms with Crippen LogP contribution in [0.3, 0.4) is 0 Å². The summed E-state index contributed by atoms with van der Waals surface area (Å²) in [5, 5.41) is 3.04. The highest BCUT2D eigenvalue weighted by Gasteiger charge is 2.29. The van der Waals surface area contributed by atoms with Crippen LogP contribution in [-0.2, 0) is 0 Å². The number of aryl methyl sites for hydroxylation is 2. The molecule has 98 valence electrons. The Kier molecular flexibility index (Phi) is 3.87. The summed E-state index contributed by atoms with van der Waals surface area (Å²) in [5.41, 5.74) is 9.18. The molecule has 4 heteroatoms. The lowest BCUT2D eigenvalue weighted by Crippen LogP contribution is -2.30. The summed E-state index contributed by atoms with van der Waals surface area (Å²) < 4.78 is 0. The highest BCUT2D eigenvalue weighted by Crippen LogP contribution is 2.24. The van der Waals surface area contributed by atoms with Crippen molar-refractivity contribution in [2.45, 2.75) is 26.3 Å². The number of carbonyl (C=O) groups is 1. The Balaban J connectivity index is 2.09. The Morgan fingerprint density at radius 3 is 2.89 bits per heavy atom. The van der Waals surface area contributed by atoms with E-state index in [1.165, 1.54) is 16.7 Å². The van der Waals surface area contributed by atoms with Gasteiger partial charge in [0.15, 0.2) is 0 Å². The molecule has 4 nitrogen and oxygen atoms in total. The van der Waals surface area contributed by atoms with E-state index in [1.807, 2.05) is 4.90 Å². The van der Waals surface area contributed by atoms with Gasteiger partial charge >= 0.3 is 6.03 Å². The van der Waals surface area contributed by atoms with Crippen molar-refractivity contribution >= 4 is 6.03 Å². The number of amides is 2. The first kappa shape index (κ1) is 12.9. The first-order valence-electron chi connectivity index (χ1n) is 6.44. The predicted molar refractivity (Wildman–Crippen MR) is 72.4 cm³/mol. The molecule has 1 aromatic carbocycles. The number of hydrogen-bond donors (Lipinski definition) is 2. The second-order valence-electron chi connectivity index (χ2n) is 4.95. The fourth-order valence-corrected chi connectivity index (χ4v) is 2.46. The quantitative estimate of drug-likeness (QED) is 0.851. The number of nitrogens with zero attached hydrogens (tertiary/aromatic N) is 1. The molecule has 0 spiro atoms. The number of urea groups is 1. The minimum Gasteiger partial charge on any atom is -0.330 e. The normalized spacial score (nSPS) is 19.2. The Hall–Kier alpha value is -1.55. The smallest absolute Gasteiger partial charge is 0.318 e. The van der Waals surface area contributed by atoms with Crippen LogP contribution in [0.5, 0.6) is 0 Å². The van der Waals surface area contributed by atoms with E-state index < -0.39 is 0 Å². The number of carbonyl (C=O) groups excluding carboxylic acids is 1. The average molecular weight is 247 g/mol. The van der Waals surface area contributed by atoms with Crippen LogP contribution in [0.4, 0.5) is 4.79 Å². The van der Waals surface area contributed by atoms with Crippen molar-refractivity contribution in [2.75, 3.05) is 19.6 Å². The van der Waals surface area contributed by atoms with Crippen LogP contribution in [0, 0.1) is 13.8 Å². The molecule has 3 N–H and O–H groups in total. The van der Waals surface area contributed by atoms with E-state index in [-0.39, 0.29) is 12.1 Å². The number of rotatable bonds is 4. The zero-order valence-corrected chi connectivity index (χ0v) is 11.1. The van der Waals surface area contributed by atoms with Gasteiger partial charge in [-0.25, -0.2) is 4.79 Å². The molecule has 1 unspecified atom stereocenters. The number of nitrogens with two attached hydrogens (primary N) is 1. The molecule has 18 heavy (non-hydrogen) atoms. The molecule has 0 bridgehead atoms. The molecule has 1 aromatic rings. The second-order valence-corrected chi connectivity index (χ2v) is 4.95. The first-order valence-corrected chi connectivity index (χ1v) is 6.44. The van der Waals surface area contributed by atoms with E-state index in [4.69, 9.17) is 5.73 Å². The second kappa shape index (κ2) is 5.40. The minimum absolute atomic E-state index is 0.0217. The van der Waals surface area contributed by atoms with Gasteiger partial charge in [0.05, 0.1) is 6.04 Å². The molecule has 2 rings (SSSR count). The monoisotopic (exact) mass is 247 g/mol. The van der Waals surface area contributed by atoms with E-state index in [9.17, 15) is 4.79 Å². The highest BCUT2D eigenvalue weighted by atomic mass is 16.2. The molecule has 0 aliphatic carbocycles. The summed E-state index contributed by atoms with van der Waals surface area (Å²) in [7, 11) is 0. The minimum atomic E-state index is 0.0217. The lowest BCUT2D eigenvalue weighted by atomic mass is 10.00. The fourth-order valence-electron chi connectivity index (χ4n) is 2.46. The van der Waals surface area contributed by atoms with Crippen molar-refractivity contribution < 1.29 is 4.79 Å². The van der Waals surface area contributed by atoms with Crippen molar-refractivity contribution in [1.82, 2.24) is 10.2 Å². The molecular weight excluding hydrogens is 226 g/mol. The third-order valence-corrected chi connectivity index (χ3v) is 3.42. The number of benzene rings is 1. The molecule has 1 saturated heterocycles. The van der Waals surface area contributed by atoms with E-state index in [0.717, 1.165) is 19.5 Å². The van der Waals surface area contributed by atoms with Gasteiger partial charge < -0.3 is 16.0 Å². The van der Waals surface area contributed by atoms with Crippen LogP contribution in [0.2, 0.25) is 0 Å². The third kappa shape index (κ3) is 2.64. The van der Waals surface area contributed by atoms with Crippen molar-refractivity contribution in [2.24, 2.45) is 5.73 Å². The van der Waals surface area contributed by atoms with Gasteiger partial charge in [-0.2, -0.15) is 0 Å². The van der Waals surface area contributed by atoms with Gasteiger partial charge in [-0.3, -0.25) is 0 Å². The summed E-state index contributed by atoms with van der Waals surface area (Å²) >= 11 is 0. The van der Waals surface area contributed by atoms with Gasteiger partial charge in [0.25, 0.3) is 0 Å². The van der Waals surface area contributed by atoms with Crippen molar-refractivity contribution in [3.05, 3.63) is 34.9 Å². The molecule has 1 aliphatic heterocycles. The number of hydrogen-bond acceptors (Lipinski definition) is 2. The van der Waals surface area contributed by atoms with Crippen molar-refractivity contribution in [3.63, 3.8) is 0 Å². The van der Waals surface area contributed by atoms with Crippen LogP contribution in [0.25, 0.3) is 0 Å². The number of nitrogens with one attached hydrogen (secondary N) is 1. The molecular formula is C14H21N3O. The summed E-state index contributed by atoms with van der Waals surface area (Å²) in [4.78, 5) is 13.7. The Morgan fingerprint density at radius 1 is 1.44 bits per heavy atom. The maximum absolute atomic E-state index is 11.8. The molecule has 2 amide bonds. The predicted octanol–water partition coefficient (Wildman–Crippen LogP) is 1.72. The molecule has 0 radical (unpaired) electrons. The Labute approximate surface area is 108 Å². The summed E-state index contributed by atoms with van der Waals surface area (Å²) in [6, 6.07) is 6.49. The summed E-state index contributed by atoms with van der Waals surface area (Å²) in [5.74, 6) is 0. The lowest BCUT2D eigenvalue weighted by molar-refractivity contribution is 0.217. The van der Waals surface area contributed by atoms with E-state index >= 15 is 0 Å². The van der Waals surface area contributed by atoms with E-state index in [1.54, 1.807) is 0 Å². The maximum atomic E-state index is 11.8. The van der Waals surface area contributed by atoms with E-state index in [2.05, 4.69) is 37.4 Å². The first-order chi connectivity index (χ1) is 8.61. The Bertz CT molecular complexity index is 445. The largest absolute Gasteiger partial charge is 0.330 e. The summed E-state index contributed by atoms with van der Waals surface area (Å²) in [6.07, 6.45) is 0.854. The third-order valence-electron chi connectivity index (χ3n) is 3.42. The average Bonchev–Trinajstić information content (AvgIpc) is 2.68. The topological polar surface area (TPSA) is 58.4 Å². The van der Waals surface area contributed by atoms with Gasteiger partial charge in [0.2, 0.25) is 0 Å². The van der Waals surface area contributed by atoms with Gasteiger partial charge in [-0.05, 0) is 37.9 Å². The van der Waals surface area contributed by atoms with Crippen LogP contribution < -0.4 is 11.1 Å². The highest BCUT2D eigenvalue weighted by molar-refractivity contribution is 5.77. The zero-order chi connectivity index (χ0) is 13.1. The summed E-state index contributed by atoms with van der Waals surface area (Å²) in [6.45, 7) is 6.28. The molecule has 1 aliphatic rings. The van der Waals surface area contributed by atoms with Crippen molar-refractivity contribution in [3.8, 4) is 0 Å². The van der Waals surface area contributed by atoms with Crippen LogP contribution in [0.1, 0.15) is 29.2 Å². The van der Waals surface area contributed by atoms with Crippen molar-refractivity contribution in [1.29, 1.82) is 0 Å². The van der Waals surface area contributed by atoms with Gasteiger partial charge in [0.1, 0.15) is 0 Å². The van der Waals surface area contributed by atoms with Gasteiger partial charge in [-0.15, -0.1) is 0 Å². The zero-order valence-electron chi connectivity index (χ0n) is 11.1. The molecule has 1 fully saturated rings. The van der Waals surface area contributed by atoms with Crippen LogP contribution in [0.15, 0.2) is 18.2 Å². The maximum Gasteiger partial charge on any atom is 0.318 e.